The van der Waals surface area contributed by atoms with E-state index in [9.17, 15) is 4.79 Å². The van der Waals surface area contributed by atoms with Gasteiger partial charge in [0.05, 0.1) is 19.8 Å². The summed E-state index contributed by atoms with van der Waals surface area (Å²) in [5, 5.41) is 7.32. The second-order valence-electron chi connectivity index (χ2n) is 4.97. The summed E-state index contributed by atoms with van der Waals surface area (Å²) in [6.45, 7) is 1.81. The molecule has 1 aliphatic rings. The maximum atomic E-state index is 12.3. The molecule has 0 spiro atoms. The number of benzene rings is 1. The van der Waals surface area contributed by atoms with Crippen LogP contribution < -0.4 is 10.1 Å². The molecule has 1 aromatic heterocycles. The van der Waals surface area contributed by atoms with Crippen LogP contribution in [-0.4, -0.2) is 35.0 Å². The van der Waals surface area contributed by atoms with Gasteiger partial charge in [-0.15, -0.1) is 0 Å². The zero-order chi connectivity index (χ0) is 16.6. The number of nitrogens with one attached hydrogen (secondary N) is 1. The second kappa shape index (κ2) is 6.04. The Bertz CT molecular complexity index is 800. The molecule has 8 heteroatoms. The number of rotatable bonds is 3. The van der Waals surface area contributed by atoms with Crippen molar-refractivity contribution in [2.45, 2.75) is 13.0 Å². The average Bonchev–Trinajstić information content (AvgIpc) is 3.00. The zero-order valence-corrected chi connectivity index (χ0v) is 14.4. The largest absolute Gasteiger partial charge is 0.496 e. The highest BCUT2D eigenvalue weighted by Crippen LogP contribution is 2.40. The summed E-state index contributed by atoms with van der Waals surface area (Å²) in [4.78, 5) is 16.5. The monoisotopic (exact) mass is 378 g/mol. The van der Waals surface area contributed by atoms with E-state index in [0.717, 1.165) is 10.0 Å². The van der Waals surface area contributed by atoms with Crippen LogP contribution in [0.1, 0.15) is 18.5 Å². The topological polar surface area (TPSA) is 78.3 Å². The number of hydrogen-bond acceptors (Lipinski definition) is 6. The third kappa shape index (κ3) is 2.59. The van der Waals surface area contributed by atoms with Crippen molar-refractivity contribution < 1.29 is 14.3 Å². The number of fused-ring (bicyclic) bond motifs is 1. The number of carbonyl (C=O) groups is 1. The van der Waals surface area contributed by atoms with Gasteiger partial charge >= 0.3 is 5.97 Å². The molecule has 23 heavy (non-hydrogen) atoms. The van der Waals surface area contributed by atoms with Crippen molar-refractivity contribution in [3.8, 4) is 5.75 Å². The molecule has 7 nitrogen and oxygen atoms in total. The van der Waals surface area contributed by atoms with E-state index in [1.165, 1.54) is 13.4 Å². The van der Waals surface area contributed by atoms with E-state index in [4.69, 9.17) is 9.47 Å². The molecule has 0 unspecified atom stereocenters. The maximum Gasteiger partial charge on any atom is 0.338 e. The first-order valence-electron chi connectivity index (χ1n) is 6.86. The molecule has 120 valence electrons. The Morgan fingerprint density at radius 1 is 1.39 bits per heavy atom. The summed E-state index contributed by atoms with van der Waals surface area (Å²) in [5.74, 6) is 0.779. The number of carbonyl (C=O) groups excluding carboxylic acids is 1. The molecular weight excluding hydrogens is 364 g/mol. The molecule has 1 atom stereocenters. The predicted molar refractivity (Wildman–Crippen MR) is 87.2 cm³/mol. The minimum atomic E-state index is -0.492. The molecule has 0 amide bonds. The zero-order valence-electron chi connectivity index (χ0n) is 12.8. The van der Waals surface area contributed by atoms with Crippen LogP contribution in [0, 0.1) is 0 Å². The summed E-state index contributed by atoms with van der Waals surface area (Å²) in [7, 11) is 2.94. The summed E-state index contributed by atoms with van der Waals surface area (Å²) in [5.41, 5.74) is 1.92. The number of esters is 1. The van der Waals surface area contributed by atoms with Gasteiger partial charge in [-0.3, -0.25) is 0 Å². The fourth-order valence-electron chi connectivity index (χ4n) is 2.67. The maximum absolute atomic E-state index is 12.3. The minimum absolute atomic E-state index is 0.428. The van der Waals surface area contributed by atoms with Gasteiger partial charge in [0, 0.05) is 15.7 Å². The highest BCUT2D eigenvalue weighted by Gasteiger charge is 2.35. The van der Waals surface area contributed by atoms with Crippen molar-refractivity contribution in [3.63, 3.8) is 0 Å². The second-order valence-corrected chi connectivity index (χ2v) is 5.89. The van der Waals surface area contributed by atoms with Crippen molar-refractivity contribution in [1.82, 2.24) is 14.8 Å². The van der Waals surface area contributed by atoms with E-state index < -0.39 is 12.0 Å². The molecule has 0 saturated carbocycles. The van der Waals surface area contributed by atoms with Crippen LogP contribution in [-0.2, 0) is 9.53 Å². The Morgan fingerprint density at radius 3 is 2.87 bits per heavy atom. The molecule has 0 fully saturated rings. The lowest BCUT2D eigenvalue weighted by molar-refractivity contribution is -0.136. The Morgan fingerprint density at radius 2 is 2.17 bits per heavy atom. The SMILES string of the molecule is COC(=O)C1=C(C)Nc2ncnn2[C@@H]1c1cc(Br)ccc1OC. The number of hydrogen-bond donors (Lipinski definition) is 1. The Balaban J connectivity index is 2.26. The van der Waals surface area contributed by atoms with Gasteiger partial charge in [0.25, 0.3) is 0 Å². The van der Waals surface area contributed by atoms with Gasteiger partial charge < -0.3 is 14.8 Å². The van der Waals surface area contributed by atoms with Crippen LogP contribution >= 0.6 is 15.9 Å². The Labute approximate surface area is 141 Å². The quantitative estimate of drug-likeness (QED) is 0.826. The number of halogens is 1. The van der Waals surface area contributed by atoms with Crippen LogP contribution in [0.15, 0.2) is 40.3 Å². The first kappa shape index (κ1) is 15.5. The van der Waals surface area contributed by atoms with Gasteiger partial charge in [-0.05, 0) is 25.1 Å². The van der Waals surface area contributed by atoms with E-state index in [-0.39, 0.29) is 0 Å². The van der Waals surface area contributed by atoms with Crippen molar-refractivity contribution in [2.75, 3.05) is 19.5 Å². The molecule has 1 aromatic carbocycles. The molecule has 3 rings (SSSR count). The van der Waals surface area contributed by atoms with Crippen molar-refractivity contribution in [3.05, 3.63) is 45.8 Å². The minimum Gasteiger partial charge on any atom is -0.496 e. The average molecular weight is 379 g/mol. The van der Waals surface area contributed by atoms with Gasteiger partial charge in [0.2, 0.25) is 5.95 Å². The van der Waals surface area contributed by atoms with E-state index >= 15 is 0 Å². The molecule has 0 saturated heterocycles. The van der Waals surface area contributed by atoms with Crippen LogP contribution in [0.4, 0.5) is 5.95 Å². The lowest BCUT2D eigenvalue weighted by Crippen LogP contribution is -2.29. The number of nitrogens with zero attached hydrogens (tertiary/aromatic N) is 3. The Kier molecular flexibility index (Phi) is 4.08. The molecule has 0 radical (unpaired) electrons. The predicted octanol–water partition coefficient (Wildman–Crippen LogP) is 2.51. The molecule has 2 aromatic rings. The number of ether oxygens (including phenoxy) is 2. The normalized spacial score (nSPS) is 16.6. The van der Waals surface area contributed by atoms with Gasteiger partial charge in [-0.1, -0.05) is 15.9 Å². The highest BCUT2D eigenvalue weighted by atomic mass is 79.9. The standard InChI is InChI=1S/C15H15BrN4O3/c1-8-12(14(21)23-3)13(20-15(19-8)17-7-18-20)10-6-9(16)4-5-11(10)22-2/h4-7,13H,1-3H3,(H,17,18,19)/t13-/m1/s1. The van der Waals surface area contributed by atoms with E-state index in [1.54, 1.807) is 11.8 Å². The molecule has 0 bridgehead atoms. The van der Waals surface area contributed by atoms with Crippen molar-refractivity contribution in [2.24, 2.45) is 0 Å². The lowest BCUT2D eigenvalue weighted by Gasteiger charge is -2.28. The number of methoxy groups -OCH3 is 2. The van der Waals surface area contributed by atoms with E-state index in [0.29, 0.717) is 23.0 Å². The molecule has 2 heterocycles. The molecular formula is C15H15BrN4O3. The van der Waals surface area contributed by atoms with Gasteiger partial charge in [0.1, 0.15) is 18.1 Å². The third-order valence-electron chi connectivity index (χ3n) is 3.69. The summed E-state index contributed by atoms with van der Waals surface area (Å²) < 4.78 is 12.9. The van der Waals surface area contributed by atoms with Crippen LogP contribution in [0.5, 0.6) is 5.75 Å². The summed E-state index contributed by atoms with van der Waals surface area (Å²) >= 11 is 3.46. The third-order valence-corrected chi connectivity index (χ3v) is 4.18. The molecule has 1 N–H and O–H groups in total. The van der Waals surface area contributed by atoms with Gasteiger partial charge in [0.15, 0.2) is 0 Å². The van der Waals surface area contributed by atoms with Crippen LogP contribution in [0.25, 0.3) is 0 Å². The van der Waals surface area contributed by atoms with Crippen molar-refractivity contribution >= 4 is 27.8 Å². The van der Waals surface area contributed by atoms with Gasteiger partial charge in [-0.2, -0.15) is 10.1 Å². The lowest BCUT2D eigenvalue weighted by atomic mass is 9.95. The number of aromatic nitrogens is 3. The molecule has 1 aliphatic heterocycles. The van der Waals surface area contributed by atoms with Crippen LogP contribution in [0.3, 0.4) is 0 Å². The highest BCUT2D eigenvalue weighted by molar-refractivity contribution is 9.10. The fourth-order valence-corrected chi connectivity index (χ4v) is 3.05. The molecule has 0 aliphatic carbocycles. The first-order valence-corrected chi connectivity index (χ1v) is 7.65. The van der Waals surface area contributed by atoms with E-state index in [2.05, 4.69) is 31.3 Å². The number of allylic oxidation sites excluding steroid dienone is 1. The first-order chi connectivity index (χ1) is 11.1. The van der Waals surface area contributed by atoms with Crippen molar-refractivity contribution in [1.29, 1.82) is 0 Å². The van der Waals surface area contributed by atoms with E-state index in [1.807, 2.05) is 25.1 Å². The van der Waals surface area contributed by atoms with Crippen LogP contribution in [0.2, 0.25) is 0 Å². The summed E-state index contributed by atoms with van der Waals surface area (Å²) in [6.07, 6.45) is 1.44. The summed E-state index contributed by atoms with van der Waals surface area (Å²) in [6, 6.07) is 5.12. The number of anilines is 1. The fraction of sp³-hybridized carbons (Fsp3) is 0.267. The van der Waals surface area contributed by atoms with Gasteiger partial charge in [-0.25, -0.2) is 9.48 Å². The smallest absolute Gasteiger partial charge is 0.338 e. The Hall–Kier alpha value is -2.35.